The molecule has 25 heavy (non-hydrogen) atoms. The van der Waals surface area contributed by atoms with Gasteiger partial charge in [0.25, 0.3) is 0 Å². The van der Waals surface area contributed by atoms with E-state index in [1.54, 1.807) is 30.3 Å². The smallest absolute Gasteiger partial charge is 0.249 e. The van der Waals surface area contributed by atoms with Crippen molar-refractivity contribution in [2.45, 2.75) is 6.92 Å². The zero-order valence-electron chi connectivity index (χ0n) is 14.2. The number of nitriles is 1. The normalized spacial score (nSPS) is 11.1. The first kappa shape index (κ1) is 18.0. The van der Waals surface area contributed by atoms with E-state index in [1.165, 1.54) is 26.4 Å². The minimum Gasteiger partial charge on any atom is -0.493 e. The number of ether oxygens (including phenoxy) is 2. The third-order valence-corrected chi connectivity index (χ3v) is 3.61. The van der Waals surface area contributed by atoms with Gasteiger partial charge in [0.05, 0.1) is 20.3 Å². The Labute approximate surface area is 146 Å². The number of hydrogen-bond acceptors (Lipinski definition) is 5. The Balaban J connectivity index is 2.23. The van der Waals surface area contributed by atoms with Crippen LogP contribution in [0, 0.1) is 24.2 Å². The molecule has 0 radical (unpaired) electrons. The van der Waals surface area contributed by atoms with E-state index in [2.05, 4.69) is 5.32 Å². The molecule has 1 amide bonds. The number of carbonyl (C=O) groups excluding carboxylic acids is 2. The molecule has 0 saturated carbocycles. The molecule has 2 aromatic carbocycles. The lowest BCUT2D eigenvalue weighted by molar-refractivity contribution is -0.117. The Morgan fingerprint density at radius 2 is 1.80 bits per heavy atom. The number of amides is 1. The molecule has 0 fully saturated rings. The van der Waals surface area contributed by atoms with E-state index in [4.69, 9.17) is 9.47 Å². The molecule has 6 nitrogen and oxygen atoms in total. The highest BCUT2D eigenvalue weighted by molar-refractivity contribution is 6.15. The fourth-order valence-electron chi connectivity index (χ4n) is 2.33. The number of carbonyl (C=O) groups is 2. The predicted octanol–water partition coefficient (Wildman–Crippen LogP) is 2.97. The highest BCUT2D eigenvalue weighted by Gasteiger charge is 2.28. The number of Topliss-reactive ketones (excluding diaryl/α,β-unsaturated/α-hetero) is 1. The molecule has 0 aliphatic carbocycles. The Hall–Kier alpha value is -3.33. The van der Waals surface area contributed by atoms with E-state index >= 15 is 0 Å². The molecule has 0 heterocycles. The van der Waals surface area contributed by atoms with Gasteiger partial charge < -0.3 is 14.8 Å². The molecule has 0 saturated heterocycles. The van der Waals surface area contributed by atoms with Gasteiger partial charge in [-0.05, 0) is 42.8 Å². The first-order valence-electron chi connectivity index (χ1n) is 7.53. The van der Waals surface area contributed by atoms with Crippen molar-refractivity contribution in [3.63, 3.8) is 0 Å². The summed E-state index contributed by atoms with van der Waals surface area (Å²) in [6.45, 7) is 1.88. The number of ketones is 1. The van der Waals surface area contributed by atoms with Crippen LogP contribution in [0.5, 0.6) is 11.5 Å². The van der Waals surface area contributed by atoms with Crippen LogP contribution in [-0.4, -0.2) is 25.9 Å². The van der Waals surface area contributed by atoms with Crippen LogP contribution in [0.3, 0.4) is 0 Å². The molecule has 1 atom stereocenters. The van der Waals surface area contributed by atoms with Crippen LogP contribution in [0.2, 0.25) is 0 Å². The highest BCUT2D eigenvalue weighted by Crippen LogP contribution is 2.28. The fraction of sp³-hybridized carbons (Fsp3) is 0.211. The lowest BCUT2D eigenvalue weighted by atomic mass is 9.97. The first-order chi connectivity index (χ1) is 12.0. The Morgan fingerprint density at radius 1 is 1.08 bits per heavy atom. The molecular weight excluding hydrogens is 320 g/mol. The number of anilines is 1. The Morgan fingerprint density at radius 3 is 2.40 bits per heavy atom. The van der Waals surface area contributed by atoms with Crippen LogP contribution in [0.4, 0.5) is 5.69 Å². The van der Waals surface area contributed by atoms with Crippen LogP contribution in [0.25, 0.3) is 0 Å². The number of nitrogens with one attached hydrogen (secondary N) is 1. The third kappa shape index (κ3) is 4.15. The molecule has 0 aliphatic rings. The van der Waals surface area contributed by atoms with Crippen LogP contribution in [-0.2, 0) is 4.79 Å². The summed E-state index contributed by atoms with van der Waals surface area (Å²) in [5, 5.41) is 11.9. The molecule has 0 bridgehead atoms. The van der Waals surface area contributed by atoms with Crippen molar-refractivity contribution in [3.05, 3.63) is 53.6 Å². The standard InChI is InChI=1S/C19H18N2O4/c1-12-5-4-6-14(9-12)21-19(23)15(11-20)18(22)13-7-8-16(24-2)17(10-13)25-3/h4-10,15H,1-3H3,(H,21,23)/t15-/m1/s1. The zero-order valence-corrected chi connectivity index (χ0v) is 14.2. The number of methoxy groups -OCH3 is 2. The number of rotatable bonds is 6. The van der Waals surface area contributed by atoms with Crippen molar-refractivity contribution in [1.29, 1.82) is 5.26 Å². The maximum Gasteiger partial charge on any atom is 0.249 e. The van der Waals surface area contributed by atoms with Gasteiger partial charge in [0, 0.05) is 11.3 Å². The average Bonchev–Trinajstić information content (AvgIpc) is 2.61. The molecule has 2 aromatic rings. The quantitative estimate of drug-likeness (QED) is 0.646. The summed E-state index contributed by atoms with van der Waals surface area (Å²) in [5.74, 6) is -1.93. The molecule has 2 rings (SSSR count). The molecule has 0 aliphatic heterocycles. The van der Waals surface area contributed by atoms with E-state index in [0.29, 0.717) is 17.2 Å². The largest absolute Gasteiger partial charge is 0.493 e. The molecule has 6 heteroatoms. The molecule has 0 spiro atoms. The second-order valence-electron chi connectivity index (χ2n) is 5.35. The lowest BCUT2D eigenvalue weighted by Gasteiger charge is -2.12. The average molecular weight is 338 g/mol. The summed E-state index contributed by atoms with van der Waals surface area (Å²) in [7, 11) is 2.92. The second-order valence-corrected chi connectivity index (χ2v) is 5.35. The van der Waals surface area contributed by atoms with E-state index in [9.17, 15) is 14.9 Å². The van der Waals surface area contributed by atoms with Crippen molar-refractivity contribution in [2.75, 3.05) is 19.5 Å². The molecular formula is C19H18N2O4. The summed E-state index contributed by atoms with van der Waals surface area (Å²) in [6.07, 6.45) is 0. The second kappa shape index (κ2) is 7.97. The Bertz CT molecular complexity index is 840. The van der Waals surface area contributed by atoms with Gasteiger partial charge in [0.1, 0.15) is 0 Å². The van der Waals surface area contributed by atoms with Gasteiger partial charge in [0.15, 0.2) is 23.2 Å². The maximum absolute atomic E-state index is 12.6. The van der Waals surface area contributed by atoms with Gasteiger partial charge in [-0.1, -0.05) is 12.1 Å². The maximum atomic E-state index is 12.6. The molecule has 0 aromatic heterocycles. The number of benzene rings is 2. The van der Waals surface area contributed by atoms with E-state index in [0.717, 1.165) is 5.56 Å². The van der Waals surface area contributed by atoms with Crippen molar-refractivity contribution in [2.24, 2.45) is 5.92 Å². The topological polar surface area (TPSA) is 88.4 Å². The van der Waals surface area contributed by atoms with Gasteiger partial charge in [-0.3, -0.25) is 9.59 Å². The Kier molecular flexibility index (Phi) is 5.75. The summed E-state index contributed by atoms with van der Waals surface area (Å²) in [6, 6.07) is 13.4. The summed E-state index contributed by atoms with van der Waals surface area (Å²) in [5.41, 5.74) is 1.69. The van der Waals surface area contributed by atoms with Gasteiger partial charge >= 0.3 is 0 Å². The number of hydrogen-bond donors (Lipinski definition) is 1. The van der Waals surface area contributed by atoms with Crippen LogP contribution in [0.1, 0.15) is 15.9 Å². The monoisotopic (exact) mass is 338 g/mol. The summed E-state index contributed by atoms with van der Waals surface area (Å²) < 4.78 is 10.3. The van der Waals surface area contributed by atoms with Crippen molar-refractivity contribution >= 4 is 17.4 Å². The van der Waals surface area contributed by atoms with Gasteiger partial charge in [0.2, 0.25) is 5.91 Å². The van der Waals surface area contributed by atoms with Gasteiger partial charge in [-0.15, -0.1) is 0 Å². The van der Waals surface area contributed by atoms with Crippen molar-refractivity contribution in [3.8, 4) is 17.6 Å². The predicted molar refractivity (Wildman–Crippen MR) is 92.8 cm³/mol. The molecule has 128 valence electrons. The van der Waals surface area contributed by atoms with Crippen molar-refractivity contribution in [1.82, 2.24) is 0 Å². The SMILES string of the molecule is COc1ccc(C(=O)[C@@H](C#N)C(=O)Nc2cccc(C)c2)cc1OC. The minimum atomic E-state index is -1.46. The van der Waals surface area contributed by atoms with Gasteiger partial charge in [-0.2, -0.15) is 5.26 Å². The zero-order chi connectivity index (χ0) is 18.4. The van der Waals surface area contributed by atoms with E-state index in [1.807, 2.05) is 13.0 Å². The summed E-state index contributed by atoms with van der Waals surface area (Å²) >= 11 is 0. The van der Waals surface area contributed by atoms with Gasteiger partial charge in [-0.25, -0.2) is 0 Å². The molecule has 0 unspecified atom stereocenters. The van der Waals surface area contributed by atoms with Crippen molar-refractivity contribution < 1.29 is 19.1 Å². The third-order valence-electron chi connectivity index (χ3n) is 3.61. The van der Waals surface area contributed by atoms with E-state index < -0.39 is 17.6 Å². The minimum absolute atomic E-state index is 0.198. The first-order valence-corrected chi connectivity index (χ1v) is 7.53. The van der Waals surface area contributed by atoms with Crippen LogP contribution in [0.15, 0.2) is 42.5 Å². The number of aryl methyl sites for hydroxylation is 1. The number of nitrogens with zero attached hydrogens (tertiary/aromatic N) is 1. The van der Waals surface area contributed by atoms with Crippen LogP contribution >= 0.6 is 0 Å². The van der Waals surface area contributed by atoms with E-state index in [-0.39, 0.29) is 5.56 Å². The summed E-state index contributed by atoms with van der Waals surface area (Å²) in [4.78, 5) is 24.9. The fourth-order valence-corrected chi connectivity index (χ4v) is 2.33. The molecule has 1 N–H and O–H groups in total. The lowest BCUT2D eigenvalue weighted by Crippen LogP contribution is -2.28. The highest BCUT2D eigenvalue weighted by atomic mass is 16.5. The van der Waals surface area contributed by atoms with Crippen LogP contribution < -0.4 is 14.8 Å².